The molecule has 0 aliphatic carbocycles. The van der Waals surface area contributed by atoms with Crippen molar-refractivity contribution in [3.8, 4) is 6.07 Å². The number of nitriles is 1. The Balaban J connectivity index is 2.44. The van der Waals surface area contributed by atoms with Gasteiger partial charge in [-0.15, -0.1) is 0 Å². The lowest BCUT2D eigenvalue weighted by Gasteiger charge is -2.28. The van der Waals surface area contributed by atoms with Crippen molar-refractivity contribution in [3.63, 3.8) is 0 Å². The summed E-state index contributed by atoms with van der Waals surface area (Å²) in [6.07, 6.45) is 3.23. The van der Waals surface area contributed by atoms with Gasteiger partial charge in [-0.25, -0.2) is 0 Å². The lowest BCUT2D eigenvalue weighted by atomic mass is 10.1. The minimum atomic E-state index is -0.0560. The molecule has 2 N–H and O–H groups in total. The third-order valence-electron chi connectivity index (χ3n) is 2.98. The molecule has 2 atom stereocenters. The first-order chi connectivity index (χ1) is 7.31. The molecule has 15 heavy (non-hydrogen) atoms. The topological polar surface area (TPSA) is 59.3 Å². The molecule has 1 rings (SSSR count). The predicted octanol–water partition coefficient (Wildman–Crippen LogP) is 0.335. The van der Waals surface area contributed by atoms with Crippen molar-refractivity contribution in [1.29, 1.82) is 5.26 Å². The van der Waals surface area contributed by atoms with E-state index in [9.17, 15) is 0 Å². The third kappa shape index (κ3) is 3.78. The summed E-state index contributed by atoms with van der Waals surface area (Å²) >= 11 is 0. The Labute approximate surface area is 91.9 Å². The van der Waals surface area contributed by atoms with E-state index in [1.54, 1.807) is 0 Å². The molecular formula is C11H21N3O. The number of rotatable bonds is 6. The van der Waals surface area contributed by atoms with Gasteiger partial charge in [0.2, 0.25) is 0 Å². The summed E-state index contributed by atoms with van der Waals surface area (Å²) in [5.41, 5.74) is 0. The molecule has 0 amide bonds. The van der Waals surface area contributed by atoms with Crippen LogP contribution in [0.2, 0.25) is 0 Å². The second-order valence-corrected chi connectivity index (χ2v) is 4.06. The Morgan fingerprint density at radius 2 is 2.47 bits per heavy atom. The van der Waals surface area contributed by atoms with Crippen LogP contribution in [0, 0.1) is 11.3 Å². The van der Waals surface area contributed by atoms with Gasteiger partial charge in [-0.1, -0.05) is 6.92 Å². The van der Waals surface area contributed by atoms with Crippen molar-refractivity contribution >= 4 is 0 Å². The molecule has 1 aliphatic heterocycles. The first-order valence-electron chi connectivity index (χ1n) is 5.79. The zero-order valence-electron chi connectivity index (χ0n) is 9.45. The van der Waals surface area contributed by atoms with Crippen LogP contribution in [-0.2, 0) is 0 Å². The zero-order chi connectivity index (χ0) is 11.1. The molecular weight excluding hydrogens is 190 g/mol. The lowest BCUT2D eigenvalue weighted by Crippen LogP contribution is -2.44. The van der Waals surface area contributed by atoms with Gasteiger partial charge in [0.25, 0.3) is 0 Å². The molecule has 1 aliphatic rings. The van der Waals surface area contributed by atoms with Gasteiger partial charge in [0.1, 0.15) is 0 Å². The molecule has 86 valence electrons. The molecule has 1 saturated heterocycles. The number of hydrogen-bond donors (Lipinski definition) is 2. The fourth-order valence-corrected chi connectivity index (χ4v) is 2.13. The van der Waals surface area contributed by atoms with Crippen molar-refractivity contribution in [1.82, 2.24) is 10.2 Å². The Morgan fingerprint density at radius 1 is 1.67 bits per heavy atom. The number of nitrogens with one attached hydrogen (secondary N) is 1. The second-order valence-electron chi connectivity index (χ2n) is 4.06. The third-order valence-corrected chi connectivity index (χ3v) is 2.98. The van der Waals surface area contributed by atoms with Crippen LogP contribution in [0.5, 0.6) is 0 Å². The van der Waals surface area contributed by atoms with Gasteiger partial charge in [0.05, 0.1) is 18.7 Å². The summed E-state index contributed by atoms with van der Waals surface area (Å²) in [4.78, 5) is 2.09. The van der Waals surface area contributed by atoms with Gasteiger partial charge in [0, 0.05) is 19.1 Å². The molecule has 0 radical (unpaired) electrons. The van der Waals surface area contributed by atoms with Crippen LogP contribution in [0.25, 0.3) is 0 Å². The molecule has 0 bridgehead atoms. The monoisotopic (exact) mass is 211 g/mol. The molecule has 0 saturated carbocycles. The van der Waals surface area contributed by atoms with Crippen LogP contribution in [0.4, 0.5) is 0 Å². The summed E-state index contributed by atoms with van der Waals surface area (Å²) in [5, 5.41) is 21.4. The van der Waals surface area contributed by atoms with Crippen molar-refractivity contribution in [2.75, 3.05) is 26.2 Å². The molecule has 2 unspecified atom stereocenters. The summed E-state index contributed by atoms with van der Waals surface area (Å²) in [7, 11) is 0. The summed E-state index contributed by atoms with van der Waals surface area (Å²) in [5.74, 6) is 0. The van der Waals surface area contributed by atoms with E-state index in [0.717, 1.165) is 19.5 Å². The van der Waals surface area contributed by atoms with Crippen LogP contribution in [0.1, 0.15) is 26.2 Å². The van der Waals surface area contributed by atoms with E-state index < -0.39 is 0 Å². The molecule has 0 aromatic rings. The van der Waals surface area contributed by atoms with Crippen LogP contribution in [-0.4, -0.2) is 48.3 Å². The van der Waals surface area contributed by atoms with Gasteiger partial charge in [0.15, 0.2) is 0 Å². The predicted molar refractivity (Wildman–Crippen MR) is 59.4 cm³/mol. The first kappa shape index (κ1) is 12.4. The van der Waals surface area contributed by atoms with Crippen LogP contribution in [0.3, 0.4) is 0 Å². The van der Waals surface area contributed by atoms with Crippen molar-refractivity contribution < 1.29 is 5.11 Å². The van der Waals surface area contributed by atoms with E-state index in [0.29, 0.717) is 12.6 Å². The lowest BCUT2D eigenvalue weighted by molar-refractivity contribution is 0.160. The zero-order valence-corrected chi connectivity index (χ0v) is 9.45. The quantitative estimate of drug-likeness (QED) is 0.665. The highest BCUT2D eigenvalue weighted by atomic mass is 16.3. The Bertz CT molecular complexity index is 208. The van der Waals surface area contributed by atoms with E-state index in [-0.39, 0.29) is 12.6 Å². The van der Waals surface area contributed by atoms with E-state index in [1.165, 1.54) is 12.8 Å². The normalized spacial score (nSPS) is 22.9. The van der Waals surface area contributed by atoms with E-state index >= 15 is 0 Å². The summed E-state index contributed by atoms with van der Waals surface area (Å²) in [6, 6.07) is 2.74. The maximum Gasteiger partial charge on any atom is 0.0976 e. The highest BCUT2D eigenvalue weighted by Gasteiger charge is 2.22. The number of nitrogens with zero attached hydrogens (tertiary/aromatic N) is 2. The van der Waals surface area contributed by atoms with E-state index in [1.807, 2.05) is 6.92 Å². The minimum Gasteiger partial charge on any atom is -0.395 e. The molecule has 0 aromatic carbocycles. The van der Waals surface area contributed by atoms with Crippen LogP contribution >= 0.6 is 0 Å². The molecule has 0 aromatic heterocycles. The van der Waals surface area contributed by atoms with Crippen molar-refractivity contribution in [2.45, 2.75) is 38.3 Å². The Kier molecular flexibility index (Phi) is 5.62. The average molecular weight is 211 g/mol. The van der Waals surface area contributed by atoms with Crippen molar-refractivity contribution in [3.05, 3.63) is 0 Å². The highest BCUT2D eigenvalue weighted by Crippen LogP contribution is 2.10. The van der Waals surface area contributed by atoms with Crippen molar-refractivity contribution in [2.24, 2.45) is 0 Å². The second kappa shape index (κ2) is 6.78. The largest absolute Gasteiger partial charge is 0.395 e. The molecule has 0 spiro atoms. The SMILES string of the molecule is CCC(C#N)N(CCO)CC1CCCN1. The number of aliphatic hydroxyl groups excluding tert-OH is 1. The van der Waals surface area contributed by atoms with Crippen LogP contribution < -0.4 is 5.32 Å². The minimum absolute atomic E-state index is 0.0560. The fourth-order valence-electron chi connectivity index (χ4n) is 2.13. The smallest absolute Gasteiger partial charge is 0.0976 e. The maximum atomic E-state index is 9.00. The standard InChI is InChI=1S/C11H21N3O/c1-2-11(8-12)14(6-7-15)9-10-4-3-5-13-10/h10-11,13,15H,2-7,9H2,1H3. The van der Waals surface area contributed by atoms with Gasteiger partial charge in [-0.05, 0) is 25.8 Å². The molecule has 1 fully saturated rings. The van der Waals surface area contributed by atoms with Gasteiger partial charge in [-0.3, -0.25) is 4.90 Å². The molecule has 4 nitrogen and oxygen atoms in total. The average Bonchev–Trinajstić information content (AvgIpc) is 2.72. The van der Waals surface area contributed by atoms with Crippen LogP contribution in [0.15, 0.2) is 0 Å². The Hall–Kier alpha value is -0.630. The fraction of sp³-hybridized carbons (Fsp3) is 0.909. The Morgan fingerprint density at radius 3 is 2.93 bits per heavy atom. The van der Waals surface area contributed by atoms with E-state index in [4.69, 9.17) is 10.4 Å². The van der Waals surface area contributed by atoms with Gasteiger partial charge >= 0.3 is 0 Å². The highest BCUT2D eigenvalue weighted by molar-refractivity contribution is 4.92. The first-order valence-corrected chi connectivity index (χ1v) is 5.79. The summed E-state index contributed by atoms with van der Waals surface area (Å²) < 4.78 is 0. The molecule has 1 heterocycles. The maximum absolute atomic E-state index is 9.00. The number of hydrogen-bond acceptors (Lipinski definition) is 4. The molecule has 4 heteroatoms. The van der Waals surface area contributed by atoms with Gasteiger partial charge in [-0.2, -0.15) is 5.26 Å². The van der Waals surface area contributed by atoms with E-state index in [2.05, 4.69) is 16.3 Å². The number of aliphatic hydroxyl groups is 1. The summed E-state index contributed by atoms with van der Waals surface area (Å²) in [6.45, 7) is 4.71. The van der Waals surface area contributed by atoms with Gasteiger partial charge < -0.3 is 10.4 Å².